The number of carbonyl (C=O) groups excluding carboxylic acids is 2. The summed E-state index contributed by atoms with van der Waals surface area (Å²) in [5, 5.41) is 7.03. The second-order valence-corrected chi connectivity index (χ2v) is 8.45. The van der Waals surface area contributed by atoms with E-state index in [9.17, 15) is 9.59 Å². The van der Waals surface area contributed by atoms with Crippen LogP contribution in [0.5, 0.6) is 0 Å². The van der Waals surface area contributed by atoms with Crippen molar-refractivity contribution in [1.82, 2.24) is 15.6 Å². The average Bonchev–Trinajstić information content (AvgIpc) is 2.92. The molecule has 1 fully saturated rings. The van der Waals surface area contributed by atoms with E-state index in [2.05, 4.69) is 15.6 Å². The summed E-state index contributed by atoms with van der Waals surface area (Å²) < 4.78 is 5.26. The lowest BCUT2D eigenvalue weighted by molar-refractivity contribution is -0.123. The van der Waals surface area contributed by atoms with Gasteiger partial charge in [0.05, 0.1) is 6.61 Å². The monoisotopic (exact) mass is 399 g/mol. The Morgan fingerprint density at radius 2 is 1.86 bits per heavy atom. The van der Waals surface area contributed by atoms with Crippen LogP contribution < -0.4 is 10.6 Å². The third kappa shape index (κ3) is 6.24. The van der Waals surface area contributed by atoms with Crippen molar-refractivity contribution in [3.8, 4) is 0 Å². The molecule has 0 aliphatic heterocycles. The number of hydrogen-bond acceptors (Lipinski definition) is 3. The number of amides is 2. The summed E-state index contributed by atoms with van der Waals surface area (Å²) in [6, 6.07) is 7.49. The number of para-hydroxylation sites is 1. The van der Waals surface area contributed by atoms with Crippen LogP contribution in [0.25, 0.3) is 10.9 Å². The van der Waals surface area contributed by atoms with Crippen molar-refractivity contribution in [3.05, 3.63) is 36.0 Å². The van der Waals surface area contributed by atoms with Gasteiger partial charge >= 0.3 is 6.09 Å². The van der Waals surface area contributed by atoms with Crippen molar-refractivity contribution in [2.75, 3.05) is 6.61 Å². The molecule has 0 saturated heterocycles. The number of alkyl carbamates (subject to hydrolysis) is 1. The fourth-order valence-electron chi connectivity index (χ4n) is 3.88. The summed E-state index contributed by atoms with van der Waals surface area (Å²) in [4.78, 5) is 28.6. The van der Waals surface area contributed by atoms with E-state index in [1.807, 2.05) is 44.3 Å². The lowest BCUT2D eigenvalue weighted by Gasteiger charge is -2.22. The third-order valence-electron chi connectivity index (χ3n) is 5.46. The first-order valence-corrected chi connectivity index (χ1v) is 10.8. The molecule has 1 saturated carbocycles. The zero-order valence-corrected chi connectivity index (χ0v) is 17.5. The van der Waals surface area contributed by atoms with Gasteiger partial charge in [0, 0.05) is 29.6 Å². The predicted octanol–water partition coefficient (Wildman–Crippen LogP) is 4.30. The first-order chi connectivity index (χ1) is 14.0. The number of benzene rings is 1. The highest BCUT2D eigenvalue weighted by Gasteiger charge is 2.26. The second kappa shape index (κ2) is 10.3. The molecule has 1 aliphatic carbocycles. The molecular weight excluding hydrogens is 366 g/mol. The smallest absolute Gasteiger partial charge is 0.407 e. The molecule has 1 atom stereocenters. The summed E-state index contributed by atoms with van der Waals surface area (Å²) in [6.07, 6.45) is 8.53. The Balaban J connectivity index is 1.71. The lowest BCUT2D eigenvalue weighted by Crippen LogP contribution is -2.50. The minimum Gasteiger partial charge on any atom is -0.449 e. The molecule has 1 aromatic heterocycles. The Hall–Kier alpha value is -2.50. The van der Waals surface area contributed by atoms with Gasteiger partial charge in [-0.3, -0.25) is 4.79 Å². The summed E-state index contributed by atoms with van der Waals surface area (Å²) >= 11 is 0. The van der Waals surface area contributed by atoms with Crippen molar-refractivity contribution < 1.29 is 14.3 Å². The van der Waals surface area contributed by atoms with Crippen LogP contribution in [0, 0.1) is 5.92 Å². The molecule has 3 rings (SSSR count). The fraction of sp³-hybridized carbons (Fsp3) is 0.565. The van der Waals surface area contributed by atoms with Crippen LogP contribution in [0.3, 0.4) is 0 Å². The van der Waals surface area contributed by atoms with E-state index >= 15 is 0 Å². The Labute approximate surface area is 172 Å². The van der Waals surface area contributed by atoms with Crippen molar-refractivity contribution in [1.29, 1.82) is 0 Å². The maximum atomic E-state index is 13.1. The fourth-order valence-corrected chi connectivity index (χ4v) is 3.88. The normalized spacial score (nSPS) is 16.4. The number of carbonyl (C=O) groups is 2. The zero-order valence-electron chi connectivity index (χ0n) is 17.5. The van der Waals surface area contributed by atoms with E-state index in [1.165, 1.54) is 12.8 Å². The lowest BCUT2D eigenvalue weighted by atomic mass is 10.0. The first kappa shape index (κ1) is 21.2. The van der Waals surface area contributed by atoms with Gasteiger partial charge in [-0.2, -0.15) is 0 Å². The highest BCUT2D eigenvalue weighted by atomic mass is 16.5. The highest BCUT2D eigenvalue weighted by Crippen LogP contribution is 2.20. The van der Waals surface area contributed by atoms with Crippen molar-refractivity contribution >= 4 is 22.9 Å². The average molecular weight is 400 g/mol. The van der Waals surface area contributed by atoms with E-state index in [-0.39, 0.29) is 17.9 Å². The molecule has 1 aliphatic rings. The van der Waals surface area contributed by atoms with Gasteiger partial charge in [0.15, 0.2) is 0 Å². The van der Waals surface area contributed by atoms with E-state index < -0.39 is 12.1 Å². The maximum Gasteiger partial charge on any atom is 0.407 e. The first-order valence-electron chi connectivity index (χ1n) is 10.8. The molecule has 2 amide bonds. The van der Waals surface area contributed by atoms with Crippen LogP contribution in [0.2, 0.25) is 0 Å². The number of aromatic amines is 1. The van der Waals surface area contributed by atoms with Crippen LogP contribution in [0.1, 0.15) is 57.9 Å². The quantitative estimate of drug-likeness (QED) is 0.607. The number of ether oxygens (including phenoxy) is 1. The summed E-state index contributed by atoms with van der Waals surface area (Å²) in [7, 11) is 0. The molecule has 2 aromatic rings. The molecule has 0 radical (unpaired) electrons. The van der Waals surface area contributed by atoms with Gasteiger partial charge in [0.25, 0.3) is 0 Å². The summed E-state index contributed by atoms with van der Waals surface area (Å²) in [5.41, 5.74) is 2.03. The predicted molar refractivity (Wildman–Crippen MR) is 115 cm³/mol. The van der Waals surface area contributed by atoms with Crippen LogP contribution in [-0.4, -0.2) is 35.7 Å². The number of aromatic nitrogens is 1. The zero-order chi connectivity index (χ0) is 20.6. The minimum atomic E-state index is -0.669. The SMILES string of the molecule is CC(C)COC(=O)N[C@H](Cc1c[nH]c2ccccc12)C(=O)NC1CCCCCC1. The Bertz CT molecular complexity index is 807. The van der Waals surface area contributed by atoms with Gasteiger partial charge in [0.2, 0.25) is 5.91 Å². The Kier molecular flexibility index (Phi) is 7.55. The topological polar surface area (TPSA) is 83.2 Å². The number of H-pyrrole nitrogens is 1. The van der Waals surface area contributed by atoms with E-state index in [1.54, 1.807) is 0 Å². The molecule has 6 nitrogen and oxygen atoms in total. The van der Waals surface area contributed by atoms with Crippen LogP contribution in [-0.2, 0) is 16.0 Å². The highest BCUT2D eigenvalue weighted by molar-refractivity contribution is 5.88. The molecule has 158 valence electrons. The van der Waals surface area contributed by atoms with E-state index in [4.69, 9.17) is 4.74 Å². The van der Waals surface area contributed by atoms with Gasteiger partial charge in [0.1, 0.15) is 6.04 Å². The van der Waals surface area contributed by atoms with Gasteiger partial charge in [-0.25, -0.2) is 4.79 Å². The van der Waals surface area contributed by atoms with Crippen LogP contribution in [0.4, 0.5) is 4.79 Å². The van der Waals surface area contributed by atoms with E-state index in [0.717, 1.165) is 42.1 Å². The van der Waals surface area contributed by atoms with Crippen LogP contribution >= 0.6 is 0 Å². The molecule has 0 spiro atoms. The molecule has 3 N–H and O–H groups in total. The van der Waals surface area contributed by atoms with Gasteiger partial charge in [-0.05, 0) is 30.4 Å². The van der Waals surface area contributed by atoms with Gasteiger partial charge < -0.3 is 20.4 Å². The molecule has 0 unspecified atom stereocenters. The Morgan fingerprint density at radius 3 is 2.59 bits per heavy atom. The molecule has 1 aromatic carbocycles. The van der Waals surface area contributed by atoms with Gasteiger partial charge in [-0.1, -0.05) is 57.7 Å². The van der Waals surface area contributed by atoms with E-state index in [0.29, 0.717) is 13.0 Å². The molecule has 1 heterocycles. The molecule has 6 heteroatoms. The van der Waals surface area contributed by atoms with Gasteiger partial charge in [-0.15, -0.1) is 0 Å². The largest absolute Gasteiger partial charge is 0.449 e. The number of hydrogen-bond donors (Lipinski definition) is 3. The van der Waals surface area contributed by atoms with Crippen molar-refractivity contribution in [2.24, 2.45) is 5.92 Å². The number of fused-ring (bicyclic) bond motifs is 1. The maximum absolute atomic E-state index is 13.1. The third-order valence-corrected chi connectivity index (χ3v) is 5.46. The molecule has 29 heavy (non-hydrogen) atoms. The van der Waals surface area contributed by atoms with Crippen LogP contribution in [0.15, 0.2) is 30.5 Å². The molecule has 0 bridgehead atoms. The van der Waals surface area contributed by atoms with Crippen molar-refractivity contribution in [2.45, 2.75) is 70.9 Å². The Morgan fingerprint density at radius 1 is 1.14 bits per heavy atom. The number of rotatable bonds is 7. The molecular formula is C23H33N3O3. The minimum absolute atomic E-state index is 0.135. The summed E-state index contributed by atoms with van der Waals surface area (Å²) in [6.45, 7) is 4.29. The summed E-state index contributed by atoms with van der Waals surface area (Å²) in [5.74, 6) is 0.108. The number of nitrogens with one attached hydrogen (secondary N) is 3. The van der Waals surface area contributed by atoms with Crippen molar-refractivity contribution in [3.63, 3.8) is 0 Å². The standard InChI is InChI=1S/C23H33N3O3/c1-16(2)15-29-23(28)26-21(22(27)25-18-9-5-3-4-6-10-18)13-17-14-24-20-12-8-7-11-19(17)20/h7-8,11-12,14,16,18,21,24H,3-6,9-10,13,15H2,1-2H3,(H,25,27)(H,26,28)/t21-/m1/s1. The second-order valence-electron chi connectivity index (χ2n) is 8.45.